The maximum Gasteiger partial charge on any atom is 0.166 e. The number of hydrogen-bond donors (Lipinski definition) is 2. The summed E-state index contributed by atoms with van der Waals surface area (Å²) in [6, 6.07) is 0. The molecule has 0 atom stereocenters. The second-order valence-corrected chi connectivity index (χ2v) is 4.04. The van der Waals surface area contributed by atoms with Crippen LogP contribution in [-0.4, -0.2) is 45.1 Å². The molecule has 0 spiro atoms. The smallest absolute Gasteiger partial charge is 0.166 e. The molecule has 0 aliphatic rings. The van der Waals surface area contributed by atoms with Crippen LogP contribution in [0.4, 0.5) is 0 Å². The third kappa shape index (κ3) is 11.5. The Morgan fingerprint density at radius 1 is 1.20 bits per heavy atom. The van der Waals surface area contributed by atoms with Crippen molar-refractivity contribution in [3.8, 4) is 0 Å². The number of ether oxygens (including phenoxy) is 2. The van der Waals surface area contributed by atoms with Gasteiger partial charge < -0.3 is 20.1 Å². The van der Waals surface area contributed by atoms with Crippen LogP contribution in [0.5, 0.6) is 0 Å². The van der Waals surface area contributed by atoms with Crippen LogP contribution in [0.3, 0.4) is 0 Å². The number of hydrogen-bond acceptors (Lipinski definition) is 3. The van der Waals surface area contributed by atoms with Gasteiger partial charge in [0.05, 0.1) is 19.8 Å². The van der Waals surface area contributed by atoms with Gasteiger partial charge in [-0.3, -0.25) is 0 Å². The van der Waals surface area contributed by atoms with Gasteiger partial charge in [-0.05, 0) is 18.1 Å². The maximum absolute atomic E-state index is 5.28. The summed E-state index contributed by atoms with van der Waals surface area (Å²) in [7, 11) is 1.66. The molecule has 0 rings (SSSR count). The molecule has 90 valence electrons. The van der Waals surface area contributed by atoms with Crippen molar-refractivity contribution in [1.29, 1.82) is 0 Å². The first-order valence-electron chi connectivity index (χ1n) is 5.25. The lowest BCUT2D eigenvalue weighted by atomic mass is 10.2. The molecule has 0 bridgehead atoms. The van der Waals surface area contributed by atoms with E-state index in [-0.39, 0.29) is 0 Å². The van der Waals surface area contributed by atoms with Gasteiger partial charge in [-0.2, -0.15) is 0 Å². The highest BCUT2D eigenvalue weighted by molar-refractivity contribution is 7.80. The molecular weight excluding hydrogens is 212 g/mol. The maximum atomic E-state index is 5.28. The summed E-state index contributed by atoms with van der Waals surface area (Å²) in [5, 5.41) is 6.89. The molecule has 0 saturated heterocycles. The Morgan fingerprint density at radius 2 is 1.93 bits per heavy atom. The minimum absolute atomic E-state index is 0.600. The zero-order chi connectivity index (χ0) is 11.5. The van der Waals surface area contributed by atoms with Crippen LogP contribution < -0.4 is 10.6 Å². The molecule has 2 N–H and O–H groups in total. The molecule has 0 amide bonds. The quantitative estimate of drug-likeness (QED) is 0.480. The summed E-state index contributed by atoms with van der Waals surface area (Å²) >= 11 is 5.07. The van der Waals surface area contributed by atoms with E-state index in [0.29, 0.717) is 30.9 Å². The largest absolute Gasteiger partial charge is 0.382 e. The van der Waals surface area contributed by atoms with Crippen LogP contribution >= 0.6 is 12.2 Å². The normalized spacial score (nSPS) is 10.4. The fraction of sp³-hybridized carbons (Fsp3) is 0.900. The van der Waals surface area contributed by atoms with Gasteiger partial charge in [0.2, 0.25) is 0 Å². The van der Waals surface area contributed by atoms with E-state index in [2.05, 4.69) is 24.5 Å². The first kappa shape index (κ1) is 14.6. The average molecular weight is 234 g/mol. The van der Waals surface area contributed by atoms with Crippen molar-refractivity contribution >= 4 is 17.3 Å². The van der Waals surface area contributed by atoms with E-state index in [1.54, 1.807) is 7.11 Å². The van der Waals surface area contributed by atoms with Gasteiger partial charge in [-0.25, -0.2) is 0 Å². The van der Waals surface area contributed by atoms with Gasteiger partial charge >= 0.3 is 0 Å². The van der Waals surface area contributed by atoms with Crippen LogP contribution in [0.25, 0.3) is 0 Å². The van der Waals surface area contributed by atoms with Crippen LogP contribution in [0.15, 0.2) is 0 Å². The van der Waals surface area contributed by atoms with E-state index in [1.807, 2.05) is 0 Å². The number of methoxy groups -OCH3 is 1. The SMILES string of the molecule is COCCOCCNC(=S)NCC(C)C. The van der Waals surface area contributed by atoms with Crippen molar-refractivity contribution in [2.75, 3.05) is 40.0 Å². The Morgan fingerprint density at radius 3 is 2.53 bits per heavy atom. The van der Waals surface area contributed by atoms with Gasteiger partial charge in [-0.1, -0.05) is 13.8 Å². The van der Waals surface area contributed by atoms with E-state index >= 15 is 0 Å². The van der Waals surface area contributed by atoms with E-state index < -0.39 is 0 Å². The first-order chi connectivity index (χ1) is 7.16. The molecule has 4 nitrogen and oxygen atoms in total. The summed E-state index contributed by atoms with van der Waals surface area (Å²) in [5.74, 6) is 0.600. The summed E-state index contributed by atoms with van der Waals surface area (Å²) in [4.78, 5) is 0. The van der Waals surface area contributed by atoms with E-state index in [9.17, 15) is 0 Å². The molecule has 0 saturated carbocycles. The van der Waals surface area contributed by atoms with Crippen LogP contribution in [0.1, 0.15) is 13.8 Å². The van der Waals surface area contributed by atoms with Crippen molar-refractivity contribution in [1.82, 2.24) is 10.6 Å². The van der Waals surface area contributed by atoms with Crippen LogP contribution in [0.2, 0.25) is 0 Å². The van der Waals surface area contributed by atoms with E-state index in [4.69, 9.17) is 21.7 Å². The number of nitrogens with one attached hydrogen (secondary N) is 2. The monoisotopic (exact) mass is 234 g/mol. The fourth-order valence-electron chi connectivity index (χ4n) is 0.840. The molecular formula is C10H22N2O2S. The molecule has 5 heteroatoms. The standard InChI is InChI=1S/C10H22N2O2S/c1-9(2)8-12-10(15)11-4-5-14-7-6-13-3/h9H,4-8H2,1-3H3,(H2,11,12,15). The third-order valence-corrected chi connectivity index (χ3v) is 1.92. The average Bonchev–Trinajstić information content (AvgIpc) is 2.20. The Kier molecular flexibility index (Phi) is 9.88. The van der Waals surface area contributed by atoms with Crippen molar-refractivity contribution < 1.29 is 9.47 Å². The van der Waals surface area contributed by atoms with Crippen molar-refractivity contribution in [3.63, 3.8) is 0 Å². The minimum Gasteiger partial charge on any atom is -0.382 e. The lowest BCUT2D eigenvalue weighted by Crippen LogP contribution is -2.38. The third-order valence-electron chi connectivity index (χ3n) is 1.63. The van der Waals surface area contributed by atoms with Gasteiger partial charge in [-0.15, -0.1) is 0 Å². The second-order valence-electron chi connectivity index (χ2n) is 3.64. The lowest BCUT2D eigenvalue weighted by molar-refractivity contribution is 0.0734. The van der Waals surface area contributed by atoms with Crippen LogP contribution in [-0.2, 0) is 9.47 Å². The highest BCUT2D eigenvalue weighted by atomic mass is 32.1. The first-order valence-corrected chi connectivity index (χ1v) is 5.66. The fourth-order valence-corrected chi connectivity index (χ4v) is 1.03. The molecule has 15 heavy (non-hydrogen) atoms. The van der Waals surface area contributed by atoms with Gasteiger partial charge in [0.1, 0.15) is 0 Å². The molecule has 0 radical (unpaired) electrons. The molecule has 0 aromatic heterocycles. The molecule has 0 fully saturated rings. The molecule has 0 aliphatic heterocycles. The Balaban J connectivity index is 3.17. The van der Waals surface area contributed by atoms with Crippen LogP contribution in [0, 0.1) is 5.92 Å². The minimum atomic E-state index is 0.600. The Hall–Kier alpha value is -0.390. The molecule has 0 heterocycles. The highest BCUT2D eigenvalue weighted by Crippen LogP contribution is 1.86. The topological polar surface area (TPSA) is 42.5 Å². The molecule has 0 unspecified atom stereocenters. The molecule has 0 aliphatic carbocycles. The van der Waals surface area contributed by atoms with Crippen molar-refractivity contribution in [2.45, 2.75) is 13.8 Å². The van der Waals surface area contributed by atoms with Gasteiger partial charge in [0.25, 0.3) is 0 Å². The predicted molar refractivity (Wildman–Crippen MR) is 66.1 cm³/mol. The zero-order valence-electron chi connectivity index (χ0n) is 9.84. The summed E-state index contributed by atoms with van der Waals surface area (Å²) < 4.78 is 10.1. The zero-order valence-corrected chi connectivity index (χ0v) is 10.7. The van der Waals surface area contributed by atoms with E-state index in [1.165, 1.54) is 0 Å². The van der Waals surface area contributed by atoms with E-state index in [0.717, 1.165) is 13.1 Å². The Bertz CT molecular complexity index is 166. The van der Waals surface area contributed by atoms with Gasteiger partial charge in [0, 0.05) is 20.2 Å². The number of rotatable bonds is 8. The summed E-state index contributed by atoms with van der Waals surface area (Å²) in [5.41, 5.74) is 0. The predicted octanol–water partition coefficient (Wildman–Crippen LogP) is 0.769. The Labute approximate surface area is 97.7 Å². The van der Waals surface area contributed by atoms with Gasteiger partial charge in [0.15, 0.2) is 5.11 Å². The summed E-state index contributed by atoms with van der Waals surface area (Å²) in [6.45, 7) is 7.82. The molecule has 0 aromatic rings. The van der Waals surface area contributed by atoms with Crippen molar-refractivity contribution in [3.05, 3.63) is 0 Å². The summed E-state index contributed by atoms with van der Waals surface area (Å²) in [6.07, 6.45) is 0. The lowest BCUT2D eigenvalue weighted by Gasteiger charge is -2.12. The molecule has 0 aromatic carbocycles. The van der Waals surface area contributed by atoms with Crippen molar-refractivity contribution in [2.24, 2.45) is 5.92 Å². The number of thiocarbonyl (C=S) groups is 1. The second kappa shape index (κ2) is 10.1. The highest BCUT2D eigenvalue weighted by Gasteiger charge is 1.96.